The zero-order valence-corrected chi connectivity index (χ0v) is 11.2. The number of hydrogen-bond donors (Lipinski definition) is 1. The fraction of sp³-hybridized carbons (Fsp3) is 0.176. The van der Waals surface area contributed by atoms with Gasteiger partial charge in [0.05, 0.1) is 5.56 Å². The topological polar surface area (TPSA) is 29.5 Å². The van der Waals surface area contributed by atoms with Gasteiger partial charge in [-0.3, -0.25) is 0 Å². The summed E-state index contributed by atoms with van der Waals surface area (Å²) >= 11 is 0. The number of aryl methyl sites for hydroxylation is 1. The van der Waals surface area contributed by atoms with Crippen molar-refractivity contribution in [3.8, 4) is 17.6 Å². The van der Waals surface area contributed by atoms with Crippen molar-refractivity contribution in [1.82, 2.24) is 0 Å². The van der Waals surface area contributed by atoms with E-state index >= 15 is 0 Å². The van der Waals surface area contributed by atoms with E-state index in [2.05, 4.69) is 11.8 Å². The van der Waals surface area contributed by atoms with Crippen molar-refractivity contribution >= 4 is 0 Å². The maximum atomic E-state index is 13.1. The van der Waals surface area contributed by atoms with Gasteiger partial charge in [-0.15, -0.1) is 0 Å². The molecule has 0 amide bonds. The highest BCUT2D eigenvalue weighted by molar-refractivity contribution is 5.48. The van der Waals surface area contributed by atoms with E-state index in [1.54, 1.807) is 12.1 Å². The lowest BCUT2D eigenvalue weighted by Gasteiger charge is -2.09. The van der Waals surface area contributed by atoms with Crippen molar-refractivity contribution in [2.24, 2.45) is 0 Å². The van der Waals surface area contributed by atoms with Crippen molar-refractivity contribution in [2.45, 2.75) is 13.5 Å². The first-order chi connectivity index (χ1) is 9.69. The van der Waals surface area contributed by atoms with Gasteiger partial charge in [-0.1, -0.05) is 30.0 Å². The molecule has 0 fully saturated rings. The SMILES string of the molecule is Cc1ccc(OCc2cccc(F)c2)c(C#CCO)c1. The molecule has 2 aromatic carbocycles. The highest BCUT2D eigenvalue weighted by Gasteiger charge is 2.03. The van der Waals surface area contributed by atoms with Gasteiger partial charge in [0.2, 0.25) is 0 Å². The number of rotatable bonds is 3. The molecule has 0 bridgehead atoms. The second-order valence-corrected chi connectivity index (χ2v) is 4.38. The number of halogens is 1. The largest absolute Gasteiger partial charge is 0.488 e. The predicted molar refractivity (Wildman–Crippen MR) is 75.9 cm³/mol. The van der Waals surface area contributed by atoms with Crippen LogP contribution in [0.3, 0.4) is 0 Å². The Morgan fingerprint density at radius 3 is 2.80 bits per heavy atom. The van der Waals surface area contributed by atoms with Crippen molar-refractivity contribution in [2.75, 3.05) is 6.61 Å². The molecule has 0 aliphatic rings. The van der Waals surface area contributed by atoms with Crippen LogP contribution in [0, 0.1) is 24.6 Å². The number of hydrogen-bond acceptors (Lipinski definition) is 2. The van der Waals surface area contributed by atoms with Gasteiger partial charge in [-0.2, -0.15) is 0 Å². The van der Waals surface area contributed by atoms with Crippen molar-refractivity contribution < 1.29 is 14.2 Å². The van der Waals surface area contributed by atoms with Crippen molar-refractivity contribution in [3.63, 3.8) is 0 Å². The average Bonchev–Trinajstić information content (AvgIpc) is 2.44. The molecule has 0 radical (unpaired) electrons. The van der Waals surface area contributed by atoms with Crippen LogP contribution < -0.4 is 4.74 Å². The summed E-state index contributed by atoms with van der Waals surface area (Å²) in [6.45, 7) is 2.03. The molecule has 0 unspecified atom stereocenters. The number of ether oxygens (including phenoxy) is 1. The molecule has 2 nitrogen and oxygen atoms in total. The van der Waals surface area contributed by atoms with Crippen LogP contribution in [-0.2, 0) is 6.61 Å². The summed E-state index contributed by atoms with van der Waals surface area (Å²) in [5.41, 5.74) is 2.53. The van der Waals surface area contributed by atoms with Gasteiger partial charge >= 0.3 is 0 Å². The monoisotopic (exact) mass is 270 g/mol. The van der Waals surface area contributed by atoms with Gasteiger partial charge in [-0.05, 0) is 42.3 Å². The Kier molecular flexibility index (Phi) is 4.75. The zero-order valence-electron chi connectivity index (χ0n) is 11.2. The van der Waals surface area contributed by atoms with Crippen molar-refractivity contribution in [1.29, 1.82) is 0 Å². The minimum Gasteiger partial charge on any atom is -0.488 e. The Bertz CT molecular complexity index is 654. The first-order valence-electron chi connectivity index (χ1n) is 6.26. The van der Waals surface area contributed by atoms with Crippen LogP contribution in [0.25, 0.3) is 0 Å². The fourth-order valence-corrected chi connectivity index (χ4v) is 1.79. The predicted octanol–water partition coefficient (Wildman–Crippen LogP) is 3.06. The quantitative estimate of drug-likeness (QED) is 0.869. The zero-order chi connectivity index (χ0) is 14.4. The van der Waals surface area contributed by atoms with E-state index in [9.17, 15) is 4.39 Å². The summed E-state index contributed by atoms with van der Waals surface area (Å²) in [4.78, 5) is 0. The Balaban J connectivity index is 2.16. The molecular formula is C17H15FO2. The minimum atomic E-state index is -0.282. The molecule has 2 rings (SSSR count). The van der Waals surface area contributed by atoms with Crippen LogP contribution in [0.5, 0.6) is 5.75 Å². The standard InChI is InChI=1S/C17H15FO2/c1-13-7-8-17(15(10-13)5-3-9-19)20-12-14-4-2-6-16(18)11-14/h2,4,6-8,10-11,19H,9,12H2,1H3. The maximum Gasteiger partial charge on any atom is 0.135 e. The summed E-state index contributed by atoms with van der Waals surface area (Å²) in [5, 5.41) is 8.77. The Morgan fingerprint density at radius 2 is 2.05 bits per heavy atom. The smallest absolute Gasteiger partial charge is 0.135 e. The molecule has 2 aromatic rings. The molecule has 0 heterocycles. The summed E-state index contributed by atoms with van der Waals surface area (Å²) in [6.07, 6.45) is 0. The normalized spacial score (nSPS) is 9.75. The molecule has 0 saturated carbocycles. The highest BCUT2D eigenvalue weighted by atomic mass is 19.1. The summed E-state index contributed by atoms with van der Waals surface area (Å²) in [7, 11) is 0. The fourth-order valence-electron chi connectivity index (χ4n) is 1.79. The van der Waals surface area contributed by atoms with Gasteiger partial charge in [0.25, 0.3) is 0 Å². The molecule has 0 aliphatic heterocycles. The summed E-state index contributed by atoms with van der Waals surface area (Å²) < 4.78 is 18.8. The average molecular weight is 270 g/mol. The third-order valence-electron chi connectivity index (χ3n) is 2.72. The van der Waals surface area contributed by atoms with Crippen molar-refractivity contribution in [3.05, 3.63) is 65.0 Å². The molecule has 102 valence electrons. The summed E-state index contributed by atoms with van der Waals surface area (Å²) in [5.74, 6) is 5.80. The maximum absolute atomic E-state index is 13.1. The van der Waals surface area contributed by atoms with Crippen LogP contribution in [0.2, 0.25) is 0 Å². The van der Waals surface area contributed by atoms with Gasteiger partial charge in [-0.25, -0.2) is 4.39 Å². The van der Waals surface area contributed by atoms with E-state index in [1.807, 2.05) is 25.1 Å². The highest BCUT2D eigenvalue weighted by Crippen LogP contribution is 2.20. The van der Waals surface area contributed by atoms with Gasteiger partial charge in [0, 0.05) is 0 Å². The number of aliphatic hydroxyl groups is 1. The van der Waals surface area contributed by atoms with Gasteiger partial charge < -0.3 is 9.84 Å². The third-order valence-corrected chi connectivity index (χ3v) is 2.72. The second-order valence-electron chi connectivity index (χ2n) is 4.38. The second kappa shape index (κ2) is 6.74. The van der Waals surface area contributed by atoms with E-state index < -0.39 is 0 Å². The molecule has 0 saturated heterocycles. The lowest BCUT2D eigenvalue weighted by molar-refractivity contribution is 0.304. The van der Waals surface area contributed by atoms with Crippen LogP contribution in [0.15, 0.2) is 42.5 Å². The van der Waals surface area contributed by atoms with E-state index in [4.69, 9.17) is 9.84 Å². The lowest BCUT2D eigenvalue weighted by atomic mass is 10.1. The van der Waals surface area contributed by atoms with Crippen LogP contribution in [0.1, 0.15) is 16.7 Å². The first-order valence-corrected chi connectivity index (χ1v) is 6.26. The Hall–Kier alpha value is -2.31. The summed E-state index contributed by atoms with van der Waals surface area (Å²) in [6, 6.07) is 11.9. The number of aliphatic hydroxyl groups excluding tert-OH is 1. The van der Waals surface area contributed by atoms with Gasteiger partial charge in [0.15, 0.2) is 0 Å². The molecule has 3 heteroatoms. The molecule has 1 N–H and O–H groups in total. The van der Waals surface area contributed by atoms with Crippen LogP contribution in [0.4, 0.5) is 4.39 Å². The van der Waals surface area contributed by atoms with E-state index in [0.717, 1.165) is 16.7 Å². The van der Waals surface area contributed by atoms with Crippen LogP contribution in [-0.4, -0.2) is 11.7 Å². The molecule has 0 atom stereocenters. The van der Waals surface area contributed by atoms with E-state index in [-0.39, 0.29) is 19.0 Å². The lowest BCUT2D eigenvalue weighted by Crippen LogP contribution is -1.98. The first kappa shape index (κ1) is 14.1. The Morgan fingerprint density at radius 1 is 1.20 bits per heavy atom. The third kappa shape index (κ3) is 3.84. The van der Waals surface area contributed by atoms with Crippen LogP contribution >= 0.6 is 0 Å². The molecular weight excluding hydrogens is 255 g/mol. The molecule has 0 aromatic heterocycles. The molecule has 0 spiro atoms. The Labute approximate surface area is 117 Å². The van der Waals surface area contributed by atoms with E-state index in [1.165, 1.54) is 12.1 Å². The number of benzene rings is 2. The molecule has 20 heavy (non-hydrogen) atoms. The molecule has 0 aliphatic carbocycles. The van der Waals surface area contributed by atoms with E-state index in [0.29, 0.717) is 5.75 Å². The minimum absolute atomic E-state index is 0.197. The van der Waals surface area contributed by atoms with Gasteiger partial charge in [0.1, 0.15) is 24.8 Å².